The maximum absolute atomic E-state index is 13.5. The summed E-state index contributed by atoms with van der Waals surface area (Å²) < 4.78 is 223. The molecule has 0 atom stereocenters. The number of hydrogen-bond donors (Lipinski definition) is 0. The molecule has 1 aromatic rings. The van der Waals surface area contributed by atoms with Crippen molar-refractivity contribution in [2.24, 2.45) is 0 Å². The van der Waals surface area contributed by atoms with E-state index in [9.17, 15) is 74.6 Å². The first-order chi connectivity index (χ1) is 13.8. The summed E-state index contributed by atoms with van der Waals surface area (Å²) in [5.74, 6) is -39.8. The molecule has 0 bridgehead atoms. The third-order valence-electron chi connectivity index (χ3n) is 3.21. The van der Waals surface area contributed by atoms with Crippen LogP contribution < -0.4 is 4.74 Å². The van der Waals surface area contributed by atoms with E-state index < -0.39 is 66.5 Å². The van der Waals surface area contributed by atoms with Crippen LogP contribution in [0.25, 0.3) is 0 Å². The van der Waals surface area contributed by atoms with Crippen molar-refractivity contribution in [1.29, 1.82) is 0 Å². The fourth-order valence-electron chi connectivity index (χ4n) is 1.70. The van der Waals surface area contributed by atoms with Gasteiger partial charge < -0.3 is 4.74 Å². The van der Waals surface area contributed by atoms with E-state index in [1.807, 2.05) is 15.0 Å². The number of ether oxygens (including phenoxy) is 1. The van der Waals surface area contributed by atoms with E-state index in [-0.39, 0.29) is 0 Å². The number of nitrogens with zero attached hydrogens (tertiary/aromatic N) is 3. The molecule has 0 N–H and O–H groups in total. The smallest absolute Gasteiger partial charge is 0.393 e. The molecule has 0 aliphatic rings. The van der Waals surface area contributed by atoms with Gasteiger partial charge in [-0.2, -0.15) is 79.6 Å². The zero-order chi connectivity index (χ0) is 25.8. The number of hydrogen-bond acceptors (Lipinski definition) is 4. The standard InChI is InChI=1S/C11H2F17N3O/c12-2-29-3(13)31-4(30-2)32-11(27,28)10(25,26)9(23,24)8(21,22)7(19,20)5(14,15)1-6(16,17)18/h1H2. The lowest BCUT2D eigenvalue weighted by molar-refractivity contribution is -0.449. The van der Waals surface area contributed by atoms with Gasteiger partial charge >= 0.3 is 60.1 Å². The number of rotatable bonds is 8. The van der Waals surface area contributed by atoms with Gasteiger partial charge in [0.1, 0.15) is 6.42 Å². The highest BCUT2D eigenvalue weighted by Gasteiger charge is 2.91. The van der Waals surface area contributed by atoms with Crippen LogP contribution in [-0.4, -0.2) is 56.8 Å². The minimum Gasteiger partial charge on any atom is -0.393 e. The van der Waals surface area contributed by atoms with Crippen molar-refractivity contribution in [2.45, 2.75) is 48.3 Å². The average molecular weight is 515 g/mol. The van der Waals surface area contributed by atoms with Crippen molar-refractivity contribution in [3.63, 3.8) is 0 Å². The molecule has 1 rings (SSSR count). The van der Waals surface area contributed by atoms with Crippen LogP contribution in [0.4, 0.5) is 74.6 Å². The van der Waals surface area contributed by atoms with Crippen LogP contribution in [0.1, 0.15) is 6.42 Å². The normalized spacial score (nSPS) is 15.2. The first-order valence-electron chi connectivity index (χ1n) is 6.92. The molecule has 4 nitrogen and oxygen atoms in total. The molecule has 0 aliphatic carbocycles. The molecule has 0 amide bonds. The lowest BCUT2D eigenvalue weighted by atomic mass is 9.92. The van der Waals surface area contributed by atoms with Gasteiger partial charge in [0.2, 0.25) is 0 Å². The van der Waals surface area contributed by atoms with Crippen molar-refractivity contribution in [3.05, 3.63) is 12.2 Å². The Morgan fingerprint density at radius 2 is 0.906 bits per heavy atom. The molecule has 0 unspecified atom stereocenters. The van der Waals surface area contributed by atoms with E-state index in [1.165, 1.54) is 0 Å². The highest BCUT2D eigenvalue weighted by molar-refractivity contribution is 5.11. The molecule has 0 saturated carbocycles. The summed E-state index contributed by atoms with van der Waals surface area (Å²) in [6.07, 6.45) is -22.7. The van der Waals surface area contributed by atoms with Crippen LogP contribution in [0.15, 0.2) is 0 Å². The molecule has 0 saturated heterocycles. The fourth-order valence-corrected chi connectivity index (χ4v) is 1.70. The van der Waals surface area contributed by atoms with Crippen molar-refractivity contribution < 1.29 is 79.4 Å². The second-order valence-corrected chi connectivity index (χ2v) is 5.57. The summed E-state index contributed by atoms with van der Waals surface area (Å²) in [6.45, 7) is 0. The van der Waals surface area contributed by atoms with E-state index in [0.29, 0.717) is 0 Å². The average Bonchev–Trinajstić information content (AvgIpc) is 2.49. The molecule has 1 heterocycles. The summed E-state index contributed by atoms with van der Waals surface area (Å²) >= 11 is 0. The molecule has 0 fully saturated rings. The SMILES string of the molecule is Fc1nc(F)nc(OC(F)(F)C(F)(F)C(F)(F)C(F)(F)C(F)(F)C(F)(F)CC(F)(F)F)n1. The Kier molecular flexibility index (Phi) is 6.56. The highest BCUT2D eigenvalue weighted by atomic mass is 19.4. The number of aromatic nitrogens is 3. The second kappa shape index (κ2) is 7.59. The molecular formula is C11H2F17N3O. The van der Waals surface area contributed by atoms with Crippen molar-refractivity contribution in [1.82, 2.24) is 15.0 Å². The van der Waals surface area contributed by atoms with E-state index in [0.717, 1.165) is 0 Å². The Hall–Kier alpha value is -2.38. The van der Waals surface area contributed by atoms with Crippen LogP contribution in [0, 0.1) is 12.2 Å². The van der Waals surface area contributed by atoms with Gasteiger partial charge in [-0.3, -0.25) is 0 Å². The topological polar surface area (TPSA) is 47.9 Å². The molecule has 0 aliphatic heterocycles. The predicted octanol–water partition coefficient (Wildman–Crippen LogP) is 5.25. The van der Waals surface area contributed by atoms with Crippen LogP contribution in [-0.2, 0) is 0 Å². The summed E-state index contributed by atoms with van der Waals surface area (Å²) in [5, 5.41) is 0. The van der Waals surface area contributed by atoms with Crippen LogP contribution in [0.2, 0.25) is 0 Å². The molecule has 21 heteroatoms. The maximum Gasteiger partial charge on any atom is 0.473 e. The Balaban J connectivity index is 3.48. The molecule has 0 radical (unpaired) electrons. The summed E-state index contributed by atoms with van der Waals surface area (Å²) in [7, 11) is 0. The lowest BCUT2D eigenvalue weighted by Gasteiger charge is -2.40. The van der Waals surface area contributed by atoms with Crippen LogP contribution in [0.3, 0.4) is 0 Å². The first kappa shape index (κ1) is 27.7. The summed E-state index contributed by atoms with van der Waals surface area (Å²) in [4.78, 5) is 5.82. The third kappa shape index (κ3) is 4.55. The molecule has 0 aromatic carbocycles. The van der Waals surface area contributed by atoms with Gasteiger partial charge in [-0.25, -0.2) is 0 Å². The highest BCUT2D eigenvalue weighted by Crippen LogP contribution is 2.61. The van der Waals surface area contributed by atoms with Crippen molar-refractivity contribution in [2.75, 3.05) is 0 Å². The van der Waals surface area contributed by atoms with Gasteiger partial charge in [-0.1, -0.05) is 0 Å². The minimum atomic E-state index is -8.30. The molecule has 186 valence electrons. The maximum atomic E-state index is 13.5. The van der Waals surface area contributed by atoms with Gasteiger partial charge in [-0.05, 0) is 0 Å². The van der Waals surface area contributed by atoms with Gasteiger partial charge in [0.25, 0.3) is 0 Å². The molecular weight excluding hydrogens is 513 g/mol. The largest absolute Gasteiger partial charge is 0.473 e. The molecule has 32 heavy (non-hydrogen) atoms. The Morgan fingerprint density at radius 3 is 1.28 bits per heavy atom. The monoisotopic (exact) mass is 515 g/mol. The Labute approximate surface area is 162 Å². The number of alkyl halides is 15. The Bertz CT molecular complexity index is 815. The van der Waals surface area contributed by atoms with Crippen molar-refractivity contribution in [3.8, 4) is 6.01 Å². The van der Waals surface area contributed by atoms with Crippen LogP contribution >= 0.6 is 0 Å². The Morgan fingerprint density at radius 1 is 0.531 bits per heavy atom. The second-order valence-electron chi connectivity index (χ2n) is 5.57. The van der Waals surface area contributed by atoms with Gasteiger partial charge in [0, 0.05) is 0 Å². The fraction of sp³-hybridized carbons (Fsp3) is 0.727. The first-order valence-corrected chi connectivity index (χ1v) is 6.92. The van der Waals surface area contributed by atoms with Gasteiger partial charge in [-0.15, -0.1) is 9.97 Å². The van der Waals surface area contributed by atoms with Crippen molar-refractivity contribution >= 4 is 0 Å². The predicted molar refractivity (Wildman–Crippen MR) is 60.7 cm³/mol. The summed E-state index contributed by atoms with van der Waals surface area (Å²) in [5.41, 5.74) is 0. The van der Waals surface area contributed by atoms with Gasteiger partial charge in [0.15, 0.2) is 0 Å². The van der Waals surface area contributed by atoms with E-state index in [2.05, 4.69) is 4.74 Å². The minimum absolute atomic E-state index is 1.92. The lowest BCUT2D eigenvalue weighted by Crippen LogP contribution is -2.71. The van der Waals surface area contributed by atoms with E-state index in [4.69, 9.17) is 0 Å². The number of halogens is 17. The summed E-state index contributed by atoms with van der Waals surface area (Å²) in [6, 6.07) is -2.63. The van der Waals surface area contributed by atoms with E-state index in [1.54, 1.807) is 0 Å². The van der Waals surface area contributed by atoms with E-state index >= 15 is 0 Å². The van der Waals surface area contributed by atoms with Gasteiger partial charge in [0.05, 0.1) is 0 Å². The molecule has 0 spiro atoms. The quantitative estimate of drug-likeness (QED) is 0.444. The third-order valence-corrected chi connectivity index (χ3v) is 3.21. The molecule has 1 aromatic heterocycles. The zero-order valence-corrected chi connectivity index (χ0v) is 13.9. The van der Waals surface area contributed by atoms with Crippen LogP contribution in [0.5, 0.6) is 6.01 Å². The zero-order valence-electron chi connectivity index (χ0n) is 13.9.